The van der Waals surface area contributed by atoms with E-state index in [1.54, 1.807) is 6.07 Å². The first-order valence-corrected chi connectivity index (χ1v) is 7.80. The van der Waals surface area contributed by atoms with Crippen LogP contribution in [0.3, 0.4) is 0 Å². The van der Waals surface area contributed by atoms with Gasteiger partial charge in [0, 0.05) is 6.54 Å². The smallest absolute Gasteiger partial charge is 0.249 e. The third-order valence-electron chi connectivity index (χ3n) is 4.53. The van der Waals surface area contributed by atoms with Crippen LogP contribution in [-0.4, -0.2) is 27.0 Å². The van der Waals surface area contributed by atoms with Gasteiger partial charge in [-0.05, 0) is 47.2 Å². The van der Waals surface area contributed by atoms with Gasteiger partial charge in [-0.25, -0.2) is 4.98 Å². The van der Waals surface area contributed by atoms with Crippen molar-refractivity contribution in [2.45, 2.75) is 19.3 Å². The average molecular weight is 364 g/mol. The van der Waals surface area contributed by atoms with E-state index < -0.39 is 11.4 Å². The van der Waals surface area contributed by atoms with Crippen molar-refractivity contribution in [1.82, 2.24) is 14.6 Å². The second kappa shape index (κ2) is 4.49. The van der Waals surface area contributed by atoms with E-state index in [1.807, 2.05) is 0 Å². The molecule has 1 aliphatic heterocycles. The Kier molecular flexibility index (Phi) is 2.78. The topological polar surface area (TPSA) is 74.3 Å². The van der Waals surface area contributed by atoms with Crippen molar-refractivity contribution in [3.63, 3.8) is 0 Å². The summed E-state index contributed by atoms with van der Waals surface area (Å²) >= 11 is 3.03. The van der Waals surface area contributed by atoms with E-state index in [1.165, 1.54) is 11.1 Å². The van der Waals surface area contributed by atoms with Crippen LogP contribution in [0.25, 0.3) is 5.65 Å². The fourth-order valence-electron chi connectivity index (χ4n) is 3.21. The number of imidazole rings is 1. The van der Waals surface area contributed by atoms with Crippen LogP contribution in [0.15, 0.2) is 16.9 Å². The molecular weight excluding hydrogens is 353 g/mol. The van der Waals surface area contributed by atoms with Crippen molar-refractivity contribution in [1.29, 1.82) is 5.26 Å². The van der Waals surface area contributed by atoms with E-state index in [0.717, 1.165) is 17.4 Å². The largest absolute Gasteiger partial charge is 0.307 e. The highest BCUT2D eigenvalue weighted by molar-refractivity contribution is 9.10. The van der Waals surface area contributed by atoms with Gasteiger partial charge < -0.3 is 4.90 Å². The molecule has 2 aliphatic rings. The van der Waals surface area contributed by atoms with Crippen LogP contribution in [0.2, 0.25) is 0 Å². The van der Waals surface area contributed by atoms with Crippen LogP contribution < -0.4 is 4.90 Å². The molecule has 1 saturated carbocycles. The molecular formula is C14H11BrFN5O. The predicted molar refractivity (Wildman–Crippen MR) is 78.4 cm³/mol. The third-order valence-corrected chi connectivity index (χ3v) is 5.03. The maximum absolute atomic E-state index is 13.9. The van der Waals surface area contributed by atoms with Gasteiger partial charge in [-0.1, -0.05) is 0 Å². The molecule has 0 aromatic carbocycles. The molecule has 2 aromatic rings. The number of halogens is 2. The Morgan fingerprint density at radius 3 is 2.95 bits per heavy atom. The summed E-state index contributed by atoms with van der Waals surface area (Å²) in [6, 6.07) is 3.87. The summed E-state index contributed by atoms with van der Waals surface area (Å²) in [5.41, 5.74) is -0.171. The fourth-order valence-corrected chi connectivity index (χ4v) is 3.55. The number of hydrogen-bond donors (Lipinski definition) is 0. The van der Waals surface area contributed by atoms with E-state index in [0.29, 0.717) is 18.7 Å². The number of rotatable bonds is 2. The van der Waals surface area contributed by atoms with Crippen LogP contribution in [-0.2, 0) is 4.79 Å². The highest BCUT2D eigenvalue weighted by atomic mass is 79.9. The predicted octanol–water partition coefficient (Wildman–Crippen LogP) is 2.29. The molecule has 0 spiro atoms. The molecule has 0 radical (unpaired) electrons. The molecule has 1 atom stereocenters. The minimum Gasteiger partial charge on any atom is -0.307 e. The maximum atomic E-state index is 13.9. The number of carbonyl (C=O) groups excluding carboxylic acids is 1. The number of aromatic nitrogens is 3. The van der Waals surface area contributed by atoms with Crippen molar-refractivity contribution in [3.05, 3.63) is 22.8 Å². The van der Waals surface area contributed by atoms with Gasteiger partial charge in [0.05, 0.1) is 18.0 Å². The number of amides is 1. The molecule has 4 rings (SSSR count). The molecule has 6 nitrogen and oxygen atoms in total. The zero-order chi connectivity index (χ0) is 15.5. The minimum atomic E-state index is -0.928. The summed E-state index contributed by atoms with van der Waals surface area (Å²) in [5, 5.41) is 13.4. The van der Waals surface area contributed by atoms with E-state index in [4.69, 9.17) is 0 Å². The van der Waals surface area contributed by atoms with Gasteiger partial charge in [-0.2, -0.15) is 19.3 Å². The molecule has 2 fully saturated rings. The first-order valence-electron chi connectivity index (χ1n) is 7.00. The first-order chi connectivity index (χ1) is 10.6. The minimum absolute atomic E-state index is 0.0489. The van der Waals surface area contributed by atoms with Gasteiger partial charge in [-0.3, -0.25) is 4.79 Å². The molecule has 22 heavy (non-hydrogen) atoms. The Labute approximate surface area is 133 Å². The van der Waals surface area contributed by atoms with Crippen molar-refractivity contribution < 1.29 is 9.18 Å². The molecule has 1 amide bonds. The Hall–Kier alpha value is -2.01. The van der Waals surface area contributed by atoms with Gasteiger partial charge in [0.25, 0.3) is 0 Å². The van der Waals surface area contributed by atoms with Crippen LogP contribution in [0, 0.1) is 28.6 Å². The van der Waals surface area contributed by atoms with Crippen molar-refractivity contribution in [2.75, 3.05) is 11.4 Å². The lowest BCUT2D eigenvalue weighted by atomic mass is 9.83. The van der Waals surface area contributed by atoms with Crippen molar-refractivity contribution >= 4 is 33.2 Å². The standard InChI is InChI=1S/C14H11BrFN5O/c15-10-11(16)21-12(19-10)9(3-5-18-21)20-6-4-14(7-17,13(20)22)8-1-2-8/h3,5,8H,1-2,4,6H2/t14-/m1/s1. The quantitative estimate of drug-likeness (QED) is 0.820. The second-order valence-corrected chi connectivity index (χ2v) is 6.46. The summed E-state index contributed by atoms with van der Waals surface area (Å²) in [6.07, 6.45) is 3.77. The summed E-state index contributed by atoms with van der Waals surface area (Å²) < 4.78 is 15.0. The Balaban J connectivity index is 1.82. The summed E-state index contributed by atoms with van der Waals surface area (Å²) in [4.78, 5) is 18.4. The number of nitrogens with zero attached hydrogens (tertiary/aromatic N) is 5. The highest BCUT2D eigenvalue weighted by Crippen LogP contribution is 2.52. The van der Waals surface area contributed by atoms with Gasteiger partial charge in [-0.15, -0.1) is 0 Å². The Morgan fingerprint density at radius 1 is 1.50 bits per heavy atom. The van der Waals surface area contributed by atoms with Crippen molar-refractivity contribution in [2.24, 2.45) is 11.3 Å². The number of anilines is 1. The Bertz CT molecular complexity index is 840. The Morgan fingerprint density at radius 2 is 2.27 bits per heavy atom. The van der Waals surface area contributed by atoms with E-state index in [-0.39, 0.29) is 22.1 Å². The monoisotopic (exact) mass is 363 g/mol. The molecule has 0 unspecified atom stereocenters. The molecule has 112 valence electrons. The summed E-state index contributed by atoms with van der Waals surface area (Å²) in [6.45, 7) is 0.439. The summed E-state index contributed by atoms with van der Waals surface area (Å²) in [7, 11) is 0. The van der Waals surface area contributed by atoms with E-state index >= 15 is 0 Å². The van der Waals surface area contributed by atoms with E-state index in [2.05, 4.69) is 32.1 Å². The number of carbonyl (C=O) groups is 1. The number of fused-ring (bicyclic) bond motifs is 1. The van der Waals surface area contributed by atoms with Crippen LogP contribution in [0.4, 0.5) is 10.1 Å². The average Bonchev–Trinajstić information content (AvgIpc) is 3.26. The van der Waals surface area contributed by atoms with Crippen LogP contribution >= 0.6 is 15.9 Å². The van der Waals surface area contributed by atoms with Gasteiger partial charge in [0.1, 0.15) is 5.41 Å². The zero-order valence-corrected chi connectivity index (χ0v) is 13.0. The molecule has 8 heteroatoms. The normalized spacial score (nSPS) is 25.0. The molecule has 1 saturated heterocycles. The van der Waals surface area contributed by atoms with E-state index in [9.17, 15) is 14.4 Å². The third kappa shape index (κ3) is 1.66. The zero-order valence-electron chi connectivity index (χ0n) is 11.5. The van der Waals surface area contributed by atoms with Crippen LogP contribution in [0.5, 0.6) is 0 Å². The fraction of sp³-hybridized carbons (Fsp3) is 0.429. The molecule has 3 heterocycles. The molecule has 1 aliphatic carbocycles. The molecule has 0 bridgehead atoms. The van der Waals surface area contributed by atoms with Gasteiger partial charge in [0.15, 0.2) is 10.3 Å². The van der Waals surface area contributed by atoms with Crippen molar-refractivity contribution in [3.8, 4) is 6.07 Å². The molecule has 2 aromatic heterocycles. The molecule has 0 N–H and O–H groups in total. The lowest BCUT2D eigenvalue weighted by molar-refractivity contribution is -0.123. The summed E-state index contributed by atoms with van der Waals surface area (Å²) in [5.74, 6) is -0.668. The number of nitriles is 1. The SMILES string of the molecule is N#C[C@@]1(C2CC2)CCN(c2ccnn3c(F)c(Br)nc23)C1=O. The van der Waals surface area contributed by atoms with Gasteiger partial charge >= 0.3 is 0 Å². The number of hydrogen-bond acceptors (Lipinski definition) is 4. The highest BCUT2D eigenvalue weighted by Gasteiger charge is 2.57. The second-order valence-electron chi connectivity index (χ2n) is 5.71. The maximum Gasteiger partial charge on any atom is 0.249 e. The lowest BCUT2D eigenvalue weighted by Gasteiger charge is -2.20. The lowest BCUT2D eigenvalue weighted by Crippen LogP contribution is -2.35. The van der Waals surface area contributed by atoms with Crippen LogP contribution in [0.1, 0.15) is 19.3 Å². The van der Waals surface area contributed by atoms with Gasteiger partial charge in [0.2, 0.25) is 11.9 Å². The first kappa shape index (κ1) is 13.6.